The quantitative estimate of drug-likeness (QED) is 0.234. The molecule has 56 heavy (non-hydrogen) atoms. The Bertz CT molecular complexity index is 2170. The van der Waals surface area contributed by atoms with Gasteiger partial charge in [0.05, 0.1) is 40.0 Å². The fourth-order valence-electron chi connectivity index (χ4n) is 8.72. The van der Waals surface area contributed by atoms with Crippen molar-refractivity contribution >= 4 is 61.9 Å². The second-order valence-corrected chi connectivity index (χ2v) is 17.8. The minimum atomic E-state index is -3.73. The van der Waals surface area contributed by atoms with Crippen molar-refractivity contribution in [1.29, 1.82) is 0 Å². The van der Waals surface area contributed by atoms with E-state index < -0.39 is 16.1 Å². The number of carbonyl (C=O) groups excluding carboxylic acids is 2. The first-order chi connectivity index (χ1) is 27.0. The summed E-state index contributed by atoms with van der Waals surface area (Å²) in [6.45, 7) is 5.86. The Morgan fingerprint density at radius 2 is 1.71 bits per heavy atom. The molecule has 17 heteroatoms. The molecule has 4 aromatic rings. The number of hydrogen-bond donors (Lipinski definition) is 2. The number of urea groups is 1. The number of methoxy groups -OCH3 is 1. The lowest BCUT2D eigenvalue weighted by Crippen LogP contribution is -2.52. The van der Waals surface area contributed by atoms with Gasteiger partial charge in [0, 0.05) is 70.9 Å². The molecule has 0 spiro atoms. The van der Waals surface area contributed by atoms with E-state index in [1.807, 2.05) is 29.9 Å². The highest BCUT2D eigenvalue weighted by Gasteiger charge is 2.37. The van der Waals surface area contributed by atoms with Crippen molar-refractivity contribution in [1.82, 2.24) is 34.3 Å². The van der Waals surface area contributed by atoms with Gasteiger partial charge in [-0.25, -0.2) is 23.2 Å². The number of amides is 3. The maximum atomic E-state index is 13.9. The van der Waals surface area contributed by atoms with Gasteiger partial charge in [0.2, 0.25) is 21.9 Å². The number of ether oxygens (including phenoxy) is 1. The molecular formula is C39H49ClN10O5S. The summed E-state index contributed by atoms with van der Waals surface area (Å²) in [6, 6.07) is 13.3. The van der Waals surface area contributed by atoms with E-state index >= 15 is 0 Å². The molecule has 0 aliphatic carbocycles. The number of imide groups is 1. The maximum absolute atomic E-state index is 13.9. The van der Waals surface area contributed by atoms with Gasteiger partial charge in [-0.2, -0.15) is 9.40 Å². The van der Waals surface area contributed by atoms with Gasteiger partial charge in [0.1, 0.15) is 0 Å². The van der Waals surface area contributed by atoms with Crippen LogP contribution in [0.5, 0.6) is 0 Å². The molecule has 15 nitrogen and oxygen atoms in total. The number of sulfonamides is 1. The third-order valence-corrected chi connectivity index (χ3v) is 14.0. The number of aryl methyl sites for hydroxylation is 1. The fraction of sp³-hybridized carbons (Fsp3) is 0.513. The monoisotopic (exact) mass is 804 g/mol. The molecule has 2 aromatic heterocycles. The molecule has 2 atom stereocenters. The summed E-state index contributed by atoms with van der Waals surface area (Å²) >= 11 is 5.93. The average molecular weight is 805 g/mol. The Morgan fingerprint density at radius 3 is 2.45 bits per heavy atom. The van der Waals surface area contributed by atoms with Gasteiger partial charge in [-0.05, 0) is 92.9 Å². The number of nitrogens with one attached hydrogen (secondary N) is 2. The Labute approximate surface area is 332 Å². The normalized spacial score (nSPS) is 22.5. The van der Waals surface area contributed by atoms with Crippen LogP contribution < -0.4 is 20.4 Å². The predicted molar refractivity (Wildman–Crippen MR) is 215 cm³/mol. The van der Waals surface area contributed by atoms with E-state index in [4.69, 9.17) is 16.3 Å². The second kappa shape index (κ2) is 16.3. The van der Waals surface area contributed by atoms with Crippen molar-refractivity contribution in [3.63, 3.8) is 0 Å². The van der Waals surface area contributed by atoms with Crippen LogP contribution in [0.2, 0.25) is 5.02 Å². The molecule has 0 saturated carbocycles. The van der Waals surface area contributed by atoms with Crippen LogP contribution in [0.25, 0.3) is 10.9 Å². The number of anilines is 3. The van der Waals surface area contributed by atoms with Crippen molar-refractivity contribution in [2.75, 3.05) is 74.6 Å². The van der Waals surface area contributed by atoms with Gasteiger partial charge in [0.25, 0.3) is 0 Å². The summed E-state index contributed by atoms with van der Waals surface area (Å²) in [6.07, 6.45) is 7.78. The van der Waals surface area contributed by atoms with Gasteiger partial charge < -0.3 is 19.9 Å². The molecule has 6 heterocycles. The van der Waals surface area contributed by atoms with Crippen LogP contribution in [0.3, 0.4) is 0 Å². The third-order valence-electron chi connectivity index (χ3n) is 11.9. The standard InChI is InChI=1S/C39H49ClN10O5S/c1-46-34-20-28(6-7-32(34)37(45-46)50-19-13-36(51)44-39(50)52)27-10-14-47(15-11-27)24-26-8-16-48(17-9-26)30-4-3-5-31(21-30)56(53,54)49-18-12-33(35(25-49)55-2)43-38-41-22-29(40)23-42-38/h3-7,20-23,26-27,33,35H,8-19,24-25H2,1-2H3,(H,41,42,43)(H,44,51,52)/t33-,35-/m1/s1. The molecule has 4 aliphatic rings. The van der Waals surface area contributed by atoms with Crippen LogP contribution in [-0.2, 0) is 26.6 Å². The van der Waals surface area contributed by atoms with Crippen molar-refractivity contribution < 1.29 is 22.7 Å². The van der Waals surface area contributed by atoms with Crippen LogP contribution in [-0.4, -0.2) is 121 Å². The maximum Gasteiger partial charge on any atom is 0.329 e. The van der Waals surface area contributed by atoms with E-state index in [0.29, 0.717) is 53.0 Å². The lowest BCUT2D eigenvalue weighted by Gasteiger charge is -2.39. The fourth-order valence-corrected chi connectivity index (χ4v) is 10.3. The van der Waals surface area contributed by atoms with Crippen LogP contribution in [0.15, 0.2) is 59.8 Å². The molecule has 8 rings (SSSR count). The number of fused-ring (bicyclic) bond motifs is 1. The highest BCUT2D eigenvalue weighted by atomic mass is 35.5. The van der Waals surface area contributed by atoms with Crippen molar-refractivity contribution in [3.05, 3.63) is 65.4 Å². The van der Waals surface area contributed by atoms with Gasteiger partial charge in [-0.1, -0.05) is 23.7 Å². The molecule has 4 fully saturated rings. The van der Waals surface area contributed by atoms with Gasteiger partial charge in [-0.3, -0.25) is 19.7 Å². The van der Waals surface area contributed by atoms with Crippen molar-refractivity contribution in [2.24, 2.45) is 13.0 Å². The molecule has 4 saturated heterocycles. The summed E-state index contributed by atoms with van der Waals surface area (Å²) in [7, 11) is -0.237. The Hall–Kier alpha value is -4.35. The smallest absolute Gasteiger partial charge is 0.329 e. The summed E-state index contributed by atoms with van der Waals surface area (Å²) in [5.41, 5.74) is 3.22. The number of benzene rings is 2. The SMILES string of the molecule is CO[C@@H]1CN(S(=O)(=O)c2cccc(N3CCC(CN4CCC(c5ccc6c(N7CCC(=O)NC7=O)nn(C)c6c5)CC4)CC3)c2)CC[C@H]1Nc1ncc(Cl)cn1. The molecule has 0 bridgehead atoms. The lowest BCUT2D eigenvalue weighted by molar-refractivity contribution is -0.120. The van der Waals surface area contributed by atoms with E-state index in [-0.39, 0.29) is 31.0 Å². The van der Waals surface area contributed by atoms with Crippen LogP contribution in [0.1, 0.15) is 50.0 Å². The van der Waals surface area contributed by atoms with E-state index in [0.717, 1.165) is 75.0 Å². The molecule has 2 N–H and O–H groups in total. The first-order valence-corrected chi connectivity index (χ1v) is 21.3. The summed E-state index contributed by atoms with van der Waals surface area (Å²) in [5.74, 6) is 1.82. The second-order valence-electron chi connectivity index (χ2n) is 15.4. The zero-order valence-corrected chi connectivity index (χ0v) is 33.4. The largest absolute Gasteiger partial charge is 0.378 e. The first kappa shape index (κ1) is 38.5. The van der Waals surface area contributed by atoms with E-state index in [1.54, 1.807) is 18.1 Å². The summed E-state index contributed by atoms with van der Waals surface area (Å²) < 4.78 is 36.8. The van der Waals surface area contributed by atoms with Crippen LogP contribution in [0, 0.1) is 5.92 Å². The number of halogens is 1. The molecule has 0 radical (unpaired) electrons. The number of aromatic nitrogens is 4. The topological polar surface area (TPSA) is 158 Å². The zero-order chi connectivity index (χ0) is 39.0. The highest BCUT2D eigenvalue weighted by molar-refractivity contribution is 7.89. The highest BCUT2D eigenvalue weighted by Crippen LogP contribution is 2.35. The number of nitrogens with zero attached hydrogens (tertiary/aromatic N) is 8. The van der Waals surface area contributed by atoms with E-state index in [1.165, 1.54) is 22.3 Å². The summed E-state index contributed by atoms with van der Waals surface area (Å²) in [5, 5.41) is 11.7. The molecule has 4 aliphatic heterocycles. The number of rotatable bonds is 10. The van der Waals surface area contributed by atoms with E-state index in [9.17, 15) is 18.0 Å². The van der Waals surface area contributed by atoms with Gasteiger partial charge >= 0.3 is 6.03 Å². The molecular weight excluding hydrogens is 756 g/mol. The average Bonchev–Trinajstić information content (AvgIpc) is 3.54. The molecule has 3 amide bonds. The minimum absolute atomic E-state index is 0.142. The number of carbonyl (C=O) groups is 2. The number of likely N-dealkylation sites (tertiary alicyclic amines) is 1. The molecule has 298 valence electrons. The van der Waals surface area contributed by atoms with Gasteiger partial charge in [0.15, 0.2) is 5.82 Å². The number of piperidine rings is 3. The Kier molecular flexibility index (Phi) is 11.2. The van der Waals surface area contributed by atoms with Crippen molar-refractivity contribution in [3.8, 4) is 0 Å². The van der Waals surface area contributed by atoms with Crippen LogP contribution >= 0.6 is 11.6 Å². The summed E-state index contributed by atoms with van der Waals surface area (Å²) in [4.78, 5) is 39.4. The van der Waals surface area contributed by atoms with E-state index in [2.05, 4.69) is 53.7 Å². The van der Waals surface area contributed by atoms with Crippen LogP contribution in [0.4, 0.5) is 22.2 Å². The third kappa shape index (κ3) is 8.07. The molecule has 0 unspecified atom stereocenters. The first-order valence-electron chi connectivity index (χ1n) is 19.5. The number of hydrogen-bond acceptors (Lipinski definition) is 11. The Morgan fingerprint density at radius 1 is 0.946 bits per heavy atom. The molecule has 2 aromatic carbocycles. The zero-order valence-electron chi connectivity index (χ0n) is 31.8. The van der Waals surface area contributed by atoms with Gasteiger partial charge in [-0.15, -0.1) is 0 Å². The predicted octanol–water partition coefficient (Wildman–Crippen LogP) is 4.45. The lowest BCUT2D eigenvalue weighted by atomic mass is 9.88. The Balaban J connectivity index is 0.822. The van der Waals surface area contributed by atoms with Crippen molar-refractivity contribution in [2.45, 2.75) is 61.5 Å². The minimum Gasteiger partial charge on any atom is -0.378 e.